The van der Waals surface area contributed by atoms with Crippen molar-refractivity contribution in [3.8, 4) is 5.75 Å². The third-order valence-corrected chi connectivity index (χ3v) is 3.59. The molecule has 104 valence electrons. The third kappa shape index (κ3) is 3.38. The van der Waals surface area contributed by atoms with E-state index in [9.17, 15) is 4.79 Å². The largest absolute Gasteiger partial charge is 0.495 e. The second-order valence-corrected chi connectivity index (χ2v) is 5.01. The van der Waals surface area contributed by atoms with Crippen LogP contribution in [0.2, 0.25) is 0 Å². The van der Waals surface area contributed by atoms with E-state index < -0.39 is 0 Å². The van der Waals surface area contributed by atoms with Gasteiger partial charge in [0.25, 0.3) is 0 Å². The fourth-order valence-electron chi connectivity index (χ4n) is 2.20. The summed E-state index contributed by atoms with van der Waals surface area (Å²) in [7, 11) is 3.56. The van der Waals surface area contributed by atoms with E-state index in [0.717, 1.165) is 0 Å². The van der Waals surface area contributed by atoms with Crippen molar-refractivity contribution in [2.75, 3.05) is 31.8 Å². The molecule has 0 atom stereocenters. The number of anilines is 2. The van der Waals surface area contributed by atoms with Gasteiger partial charge in [-0.05, 0) is 38.1 Å². The lowest BCUT2D eigenvalue weighted by Crippen LogP contribution is -2.41. The number of hydrogen-bond acceptors (Lipinski definition) is 4. The summed E-state index contributed by atoms with van der Waals surface area (Å²) in [6.45, 7) is 0.391. The minimum absolute atomic E-state index is 0.0432. The molecule has 0 heterocycles. The van der Waals surface area contributed by atoms with Crippen LogP contribution >= 0.6 is 0 Å². The summed E-state index contributed by atoms with van der Waals surface area (Å²) in [6.07, 6.45) is 3.64. The van der Waals surface area contributed by atoms with Gasteiger partial charge in [-0.1, -0.05) is 6.42 Å². The summed E-state index contributed by atoms with van der Waals surface area (Å²) in [5.41, 5.74) is 6.94. The number of nitrogen functional groups attached to an aromatic ring is 1. The Hall–Kier alpha value is -1.75. The Labute approximate surface area is 113 Å². The molecule has 0 unspecified atom stereocenters. The second kappa shape index (κ2) is 5.93. The van der Waals surface area contributed by atoms with Crippen LogP contribution in [0.1, 0.15) is 19.3 Å². The molecule has 19 heavy (non-hydrogen) atoms. The molecule has 1 aliphatic carbocycles. The van der Waals surface area contributed by atoms with E-state index in [4.69, 9.17) is 10.5 Å². The zero-order valence-electron chi connectivity index (χ0n) is 11.5. The van der Waals surface area contributed by atoms with Crippen LogP contribution in [0.3, 0.4) is 0 Å². The SMILES string of the molecule is COc1ccc(N)cc1NC(=O)CN(C)C1CCC1. The lowest BCUT2D eigenvalue weighted by Gasteiger charge is -2.34. The Balaban J connectivity index is 1.95. The number of hydrogen-bond donors (Lipinski definition) is 2. The van der Waals surface area contributed by atoms with E-state index in [-0.39, 0.29) is 5.91 Å². The first-order valence-electron chi connectivity index (χ1n) is 6.53. The molecule has 0 aliphatic heterocycles. The molecule has 0 spiro atoms. The minimum atomic E-state index is -0.0432. The van der Waals surface area contributed by atoms with E-state index in [2.05, 4.69) is 10.2 Å². The molecule has 1 amide bonds. The number of likely N-dealkylation sites (N-methyl/N-ethyl adjacent to an activating group) is 1. The topological polar surface area (TPSA) is 67.6 Å². The zero-order chi connectivity index (χ0) is 13.8. The van der Waals surface area contributed by atoms with Crippen molar-refractivity contribution in [1.29, 1.82) is 0 Å². The standard InChI is InChI=1S/C14H21N3O2/c1-17(11-4-3-5-11)9-14(18)16-12-8-10(15)6-7-13(12)19-2/h6-8,11H,3-5,9,15H2,1-2H3,(H,16,18). The van der Waals surface area contributed by atoms with Crippen LogP contribution in [0.25, 0.3) is 0 Å². The van der Waals surface area contributed by atoms with Gasteiger partial charge in [0.1, 0.15) is 5.75 Å². The van der Waals surface area contributed by atoms with Crippen molar-refractivity contribution in [2.24, 2.45) is 0 Å². The number of nitrogens with zero attached hydrogens (tertiary/aromatic N) is 1. The van der Waals surface area contributed by atoms with Crippen LogP contribution < -0.4 is 15.8 Å². The molecule has 1 aromatic carbocycles. The van der Waals surface area contributed by atoms with Crippen LogP contribution in [-0.2, 0) is 4.79 Å². The summed E-state index contributed by atoms with van der Waals surface area (Å²) < 4.78 is 5.20. The lowest BCUT2D eigenvalue weighted by atomic mass is 9.92. The third-order valence-electron chi connectivity index (χ3n) is 3.59. The van der Waals surface area contributed by atoms with Gasteiger partial charge in [0.15, 0.2) is 0 Å². The predicted molar refractivity (Wildman–Crippen MR) is 76.3 cm³/mol. The molecule has 0 aromatic heterocycles. The van der Waals surface area contributed by atoms with Crippen molar-refractivity contribution in [2.45, 2.75) is 25.3 Å². The Morgan fingerprint density at radius 2 is 2.26 bits per heavy atom. The summed E-state index contributed by atoms with van der Waals surface area (Å²) in [6, 6.07) is 5.75. The number of ether oxygens (including phenoxy) is 1. The molecular weight excluding hydrogens is 242 g/mol. The average Bonchev–Trinajstić information content (AvgIpc) is 2.26. The lowest BCUT2D eigenvalue weighted by molar-refractivity contribution is -0.117. The van der Waals surface area contributed by atoms with Gasteiger partial charge in [0.2, 0.25) is 5.91 Å². The fraction of sp³-hybridized carbons (Fsp3) is 0.500. The van der Waals surface area contributed by atoms with E-state index in [1.54, 1.807) is 25.3 Å². The second-order valence-electron chi connectivity index (χ2n) is 5.01. The summed E-state index contributed by atoms with van der Waals surface area (Å²) in [5, 5.41) is 2.85. The number of carbonyl (C=O) groups is 1. The van der Waals surface area contributed by atoms with Crippen LogP contribution in [0.4, 0.5) is 11.4 Å². The van der Waals surface area contributed by atoms with Crippen LogP contribution in [0.5, 0.6) is 5.75 Å². The van der Waals surface area contributed by atoms with Gasteiger partial charge in [0, 0.05) is 11.7 Å². The maximum absolute atomic E-state index is 12.0. The molecule has 1 aliphatic rings. The molecule has 5 heteroatoms. The number of amides is 1. The molecule has 1 fully saturated rings. The highest BCUT2D eigenvalue weighted by Crippen LogP contribution is 2.27. The molecule has 1 aromatic rings. The number of benzene rings is 1. The zero-order valence-corrected chi connectivity index (χ0v) is 11.5. The Morgan fingerprint density at radius 1 is 1.53 bits per heavy atom. The van der Waals surface area contributed by atoms with Crippen molar-refractivity contribution in [3.05, 3.63) is 18.2 Å². The minimum Gasteiger partial charge on any atom is -0.495 e. The number of methoxy groups -OCH3 is 1. The molecule has 5 nitrogen and oxygen atoms in total. The number of rotatable bonds is 5. The molecule has 0 bridgehead atoms. The van der Waals surface area contributed by atoms with Crippen LogP contribution in [-0.4, -0.2) is 37.6 Å². The highest BCUT2D eigenvalue weighted by molar-refractivity contribution is 5.94. The van der Waals surface area contributed by atoms with Gasteiger partial charge in [-0.3, -0.25) is 9.69 Å². The molecule has 0 saturated heterocycles. The van der Waals surface area contributed by atoms with Crippen LogP contribution in [0, 0.1) is 0 Å². The molecular formula is C14H21N3O2. The summed E-state index contributed by atoms with van der Waals surface area (Å²) >= 11 is 0. The first-order valence-corrected chi connectivity index (χ1v) is 6.53. The van der Waals surface area contributed by atoms with Gasteiger partial charge < -0.3 is 15.8 Å². The summed E-state index contributed by atoms with van der Waals surface area (Å²) in [4.78, 5) is 14.1. The Bertz CT molecular complexity index is 458. The average molecular weight is 263 g/mol. The van der Waals surface area contributed by atoms with Gasteiger partial charge >= 0.3 is 0 Å². The van der Waals surface area contributed by atoms with E-state index in [1.807, 2.05) is 7.05 Å². The Morgan fingerprint density at radius 3 is 2.84 bits per heavy atom. The highest BCUT2D eigenvalue weighted by Gasteiger charge is 2.23. The fourth-order valence-corrected chi connectivity index (χ4v) is 2.20. The van der Waals surface area contributed by atoms with Crippen molar-refractivity contribution >= 4 is 17.3 Å². The predicted octanol–water partition coefficient (Wildman–Crippen LogP) is 1.70. The maximum atomic E-state index is 12.0. The van der Waals surface area contributed by atoms with Crippen molar-refractivity contribution in [3.63, 3.8) is 0 Å². The monoisotopic (exact) mass is 263 g/mol. The van der Waals surface area contributed by atoms with E-state index in [0.29, 0.717) is 29.7 Å². The number of nitrogens with one attached hydrogen (secondary N) is 1. The van der Waals surface area contributed by atoms with E-state index >= 15 is 0 Å². The molecule has 0 radical (unpaired) electrons. The van der Waals surface area contributed by atoms with Gasteiger partial charge in [-0.25, -0.2) is 0 Å². The maximum Gasteiger partial charge on any atom is 0.238 e. The van der Waals surface area contributed by atoms with Crippen molar-refractivity contribution in [1.82, 2.24) is 4.90 Å². The molecule has 3 N–H and O–H groups in total. The smallest absolute Gasteiger partial charge is 0.238 e. The number of carbonyl (C=O) groups excluding carboxylic acids is 1. The normalized spacial score (nSPS) is 15.1. The molecule has 1 saturated carbocycles. The van der Waals surface area contributed by atoms with E-state index in [1.165, 1.54) is 19.3 Å². The highest BCUT2D eigenvalue weighted by atomic mass is 16.5. The van der Waals surface area contributed by atoms with Crippen molar-refractivity contribution < 1.29 is 9.53 Å². The van der Waals surface area contributed by atoms with Gasteiger partial charge in [-0.2, -0.15) is 0 Å². The van der Waals surface area contributed by atoms with Gasteiger partial charge in [0.05, 0.1) is 19.3 Å². The molecule has 2 rings (SSSR count). The number of nitrogens with two attached hydrogens (primary N) is 1. The summed E-state index contributed by atoms with van der Waals surface area (Å²) in [5.74, 6) is 0.576. The van der Waals surface area contributed by atoms with Gasteiger partial charge in [-0.15, -0.1) is 0 Å². The Kier molecular flexibility index (Phi) is 4.27. The van der Waals surface area contributed by atoms with Crippen LogP contribution in [0.15, 0.2) is 18.2 Å². The quantitative estimate of drug-likeness (QED) is 0.793. The first-order chi connectivity index (χ1) is 9.10. The first kappa shape index (κ1) is 13.7.